The van der Waals surface area contributed by atoms with Crippen molar-refractivity contribution in [3.63, 3.8) is 0 Å². The van der Waals surface area contributed by atoms with Crippen LogP contribution in [0.2, 0.25) is 0 Å². The van der Waals surface area contributed by atoms with Gasteiger partial charge in [-0.1, -0.05) is 150 Å². The van der Waals surface area contributed by atoms with Crippen LogP contribution in [0.25, 0.3) is 83.9 Å². The number of rotatable bonds is 7. The van der Waals surface area contributed by atoms with Crippen LogP contribution in [0.5, 0.6) is 5.75 Å². The van der Waals surface area contributed by atoms with E-state index in [2.05, 4.69) is 39.0 Å². The molecule has 4 heteroatoms. The Bertz CT molecular complexity index is 3570. The van der Waals surface area contributed by atoms with Gasteiger partial charge in [0.1, 0.15) is 11.6 Å². The molecular weight excluding hydrogens is 767 g/mol. The first-order valence-electron chi connectivity index (χ1n) is 26.9. The summed E-state index contributed by atoms with van der Waals surface area (Å²) in [5.74, 6) is 0.513. The third-order valence-electron chi connectivity index (χ3n) is 11.7. The molecule has 0 aliphatic carbocycles. The Labute approximate surface area is 389 Å². The molecule has 0 fully saturated rings. The molecule has 63 heavy (non-hydrogen) atoms. The van der Waals surface area contributed by atoms with Gasteiger partial charge in [-0.25, -0.2) is 4.98 Å². The molecular formula is C59H55N3O. The SMILES string of the molecule is [2H]C([2H])([2H])c1ccc(-n2c(-c3cc(C)cc(C)c3O)nc3c(-c4cc(-c5ccccc5)cc(-c5cc(-c6ccc(C(C([2H])([2H])[2H])(C([2H])([2H])[2H])C([2H])([2H])[2H])cc6)ccn5)c4)cccc32)c(-c2ccc(C(C)(C)C)cc2)c1. The molecule has 0 saturated carbocycles. The molecule has 7 aromatic carbocycles. The molecule has 0 atom stereocenters. The number of aromatic nitrogens is 3. The Hall–Kier alpha value is -7.04. The third kappa shape index (κ3) is 8.10. The lowest BCUT2D eigenvalue weighted by molar-refractivity contribution is 0.472. The van der Waals surface area contributed by atoms with Crippen molar-refractivity contribution in [3.8, 4) is 78.6 Å². The Balaban J connectivity index is 1.26. The van der Waals surface area contributed by atoms with Gasteiger partial charge in [0.25, 0.3) is 0 Å². The topological polar surface area (TPSA) is 50.9 Å². The van der Waals surface area contributed by atoms with Crippen LogP contribution in [0.15, 0.2) is 164 Å². The molecule has 0 bridgehead atoms. The number of aromatic hydroxyl groups is 1. The van der Waals surface area contributed by atoms with E-state index >= 15 is 0 Å². The van der Waals surface area contributed by atoms with E-state index in [4.69, 9.17) is 26.4 Å². The number of benzene rings is 7. The standard InChI is InChI=1S/C59H55N3O/c1-37-18-27-53(50(31-37)42-21-25-48(26-22-42)59(7,8)9)62-54-17-13-16-49(55(54)61-57(62)51-32-38(2)30-39(3)56(51)63)45-33-44(40-14-11-10-12-15-40)34-46(35-45)52-36-43(28-29-60-52)41-19-23-47(24-20-41)58(4,5)6/h10-36,63H,1-9H3/i1D3,4D3,5D3,6D3. The largest absolute Gasteiger partial charge is 0.507 e. The average Bonchev–Trinajstić information content (AvgIpc) is 3.77. The quantitative estimate of drug-likeness (QED) is 0.174. The highest BCUT2D eigenvalue weighted by atomic mass is 16.3. The second kappa shape index (κ2) is 16.0. The maximum atomic E-state index is 11.9. The van der Waals surface area contributed by atoms with Gasteiger partial charge in [0, 0.05) is 39.3 Å². The molecule has 1 N–H and O–H groups in total. The summed E-state index contributed by atoms with van der Waals surface area (Å²) in [7, 11) is 0. The molecule has 9 rings (SSSR count). The van der Waals surface area contributed by atoms with Crippen molar-refractivity contribution in [2.75, 3.05) is 0 Å². The first-order valence-corrected chi connectivity index (χ1v) is 20.9. The number of pyridine rings is 1. The molecule has 9 aromatic rings. The fourth-order valence-electron chi connectivity index (χ4n) is 8.41. The molecule has 2 heterocycles. The van der Waals surface area contributed by atoms with Crippen LogP contribution in [-0.4, -0.2) is 19.6 Å². The lowest BCUT2D eigenvalue weighted by Crippen LogP contribution is -2.10. The van der Waals surface area contributed by atoms with E-state index in [1.807, 2.05) is 115 Å². The summed E-state index contributed by atoms with van der Waals surface area (Å²) in [6.45, 7) is -2.34. The van der Waals surface area contributed by atoms with Crippen LogP contribution in [0.3, 0.4) is 0 Å². The van der Waals surface area contributed by atoms with Crippen molar-refractivity contribution in [1.82, 2.24) is 14.5 Å². The molecule has 0 aliphatic heterocycles. The number of phenols is 1. The van der Waals surface area contributed by atoms with Crippen LogP contribution >= 0.6 is 0 Å². The van der Waals surface area contributed by atoms with E-state index in [1.54, 1.807) is 24.4 Å². The zero-order valence-electron chi connectivity index (χ0n) is 47.9. The molecule has 0 aliphatic rings. The monoisotopic (exact) mass is 834 g/mol. The first-order chi connectivity index (χ1) is 35.1. The van der Waals surface area contributed by atoms with E-state index in [-0.39, 0.29) is 22.3 Å². The summed E-state index contributed by atoms with van der Waals surface area (Å²) in [5, 5.41) is 11.9. The Morgan fingerprint density at radius 2 is 1.19 bits per heavy atom. The third-order valence-corrected chi connectivity index (χ3v) is 11.7. The zero-order chi connectivity index (χ0) is 54.2. The molecule has 0 saturated heterocycles. The van der Waals surface area contributed by atoms with Crippen molar-refractivity contribution in [2.45, 2.75) is 72.9 Å². The normalized spacial score (nSPS) is 15.6. The number of imidazole rings is 1. The number of phenolic OH excluding ortho intramolecular Hbond substituents is 1. The number of fused-ring (bicyclic) bond motifs is 1. The van der Waals surface area contributed by atoms with Crippen LogP contribution in [0, 0.1) is 20.7 Å². The van der Waals surface area contributed by atoms with Crippen molar-refractivity contribution >= 4 is 11.0 Å². The first kappa shape index (κ1) is 29.3. The zero-order valence-corrected chi connectivity index (χ0v) is 35.9. The molecule has 0 spiro atoms. The highest BCUT2D eigenvalue weighted by Crippen LogP contribution is 2.43. The summed E-state index contributed by atoms with van der Waals surface area (Å²) in [6.07, 6.45) is 1.64. The smallest absolute Gasteiger partial charge is 0.149 e. The Morgan fingerprint density at radius 1 is 0.524 bits per heavy atom. The minimum absolute atomic E-state index is 0.0639. The highest BCUT2D eigenvalue weighted by molar-refractivity contribution is 5.98. The second-order valence-electron chi connectivity index (χ2n) is 17.4. The van der Waals surface area contributed by atoms with E-state index in [0.717, 1.165) is 44.5 Å². The highest BCUT2D eigenvalue weighted by Gasteiger charge is 2.24. The summed E-state index contributed by atoms with van der Waals surface area (Å²) in [4.78, 5) is 10.2. The Kier molecular flexibility index (Phi) is 7.45. The molecule has 0 unspecified atom stereocenters. The predicted molar refractivity (Wildman–Crippen MR) is 265 cm³/mol. The van der Waals surface area contributed by atoms with E-state index in [0.29, 0.717) is 56.1 Å². The second-order valence-corrected chi connectivity index (χ2v) is 17.4. The van der Waals surface area contributed by atoms with Crippen LogP contribution in [-0.2, 0) is 10.8 Å². The van der Waals surface area contributed by atoms with Crippen molar-refractivity contribution in [2.24, 2.45) is 0 Å². The van der Waals surface area contributed by atoms with Gasteiger partial charge in [-0.2, -0.15) is 0 Å². The fraction of sp³-hybridized carbons (Fsp3) is 0.186. The molecule has 2 aromatic heterocycles. The summed E-state index contributed by atoms with van der Waals surface area (Å²) < 4.78 is 101. The van der Waals surface area contributed by atoms with Gasteiger partial charge in [0.15, 0.2) is 0 Å². The number of para-hydroxylation sites is 1. The summed E-state index contributed by atoms with van der Waals surface area (Å²) in [5.41, 5.74) is 9.14. The van der Waals surface area contributed by atoms with Gasteiger partial charge in [-0.3, -0.25) is 9.55 Å². The molecule has 0 radical (unpaired) electrons. The lowest BCUT2D eigenvalue weighted by atomic mass is 9.86. The van der Waals surface area contributed by atoms with Gasteiger partial charge in [-0.15, -0.1) is 0 Å². The Morgan fingerprint density at radius 3 is 1.90 bits per heavy atom. The average molecular weight is 834 g/mol. The maximum Gasteiger partial charge on any atom is 0.149 e. The summed E-state index contributed by atoms with van der Waals surface area (Å²) in [6, 6.07) is 48.3. The van der Waals surface area contributed by atoms with E-state index in [1.165, 1.54) is 24.3 Å². The predicted octanol–water partition coefficient (Wildman–Crippen LogP) is 15.6. The van der Waals surface area contributed by atoms with Crippen LogP contribution in [0.4, 0.5) is 0 Å². The lowest BCUT2D eigenvalue weighted by Gasteiger charge is -2.20. The number of aryl methyl sites for hydroxylation is 3. The minimum Gasteiger partial charge on any atom is -0.507 e. The number of nitrogens with zero attached hydrogens (tertiary/aromatic N) is 3. The van der Waals surface area contributed by atoms with Gasteiger partial charge in [0.2, 0.25) is 0 Å². The maximum absolute atomic E-state index is 11.9. The van der Waals surface area contributed by atoms with Gasteiger partial charge in [-0.05, 0) is 142 Å². The van der Waals surface area contributed by atoms with Gasteiger partial charge >= 0.3 is 0 Å². The fourth-order valence-corrected chi connectivity index (χ4v) is 8.41. The van der Waals surface area contributed by atoms with E-state index < -0.39 is 32.8 Å². The summed E-state index contributed by atoms with van der Waals surface area (Å²) >= 11 is 0. The van der Waals surface area contributed by atoms with Crippen molar-refractivity contribution < 1.29 is 21.6 Å². The van der Waals surface area contributed by atoms with Gasteiger partial charge in [0.05, 0.1) is 28.0 Å². The minimum atomic E-state index is -3.39. The molecule has 0 amide bonds. The van der Waals surface area contributed by atoms with E-state index in [9.17, 15) is 5.11 Å². The molecule has 4 nitrogen and oxygen atoms in total. The van der Waals surface area contributed by atoms with Crippen LogP contribution < -0.4 is 0 Å². The van der Waals surface area contributed by atoms with Gasteiger partial charge < -0.3 is 5.11 Å². The van der Waals surface area contributed by atoms with Crippen molar-refractivity contribution in [1.29, 1.82) is 0 Å². The number of hydrogen-bond acceptors (Lipinski definition) is 3. The number of hydrogen-bond donors (Lipinski definition) is 1. The van der Waals surface area contributed by atoms with Crippen molar-refractivity contribution in [3.05, 3.63) is 192 Å². The molecule has 312 valence electrons. The van der Waals surface area contributed by atoms with Crippen LogP contribution in [0.1, 0.15) is 85.6 Å².